The molecule has 0 unspecified atom stereocenters. The quantitative estimate of drug-likeness (QED) is 0.823. The highest BCUT2D eigenvalue weighted by Gasteiger charge is 2.16. The molecule has 2 aromatic rings. The third-order valence-electron chi connectivity index (χ3n) is 2.23. The van der Waals surface area contributed by atoms with Crippen molar-refractivity contribution >= 4 is 27.3 Å². The fourth-order valence-electron chi connectivity index (χ4n) is 1.34. The van der Waals surface area contributed by atoms with E-state index in [0.717, 1.165) is 10.9 Å². The van der Waals surface area contributed by atoms with Crippen LogP contribution in [0.2, 0.25) is 5.02 Å². The van der Waals surface area contributed by atoms with Crippen molar-refractivity contribution in [1.82, 2.24) is 14.8 Å². The Hall–Kier alpha value is -1.73. The molecule has 2 rings (SSSR count). The number of rotatable bonds is 2. The van der Waals surface area contributed by atoms with Crippen molar-refractivity contribution in [3.8, 4) is 0 Å². The molecule has 18 heavy (non-hydrogen) atoms. The molecule has 0 N–H and O–H groups in total. The van der Waals surface area contributed by atoms with E-state index in [-0.39, 0.29) is 15.5 Å². The van der Waals surface area contributed by atoms with Crippen LogP contribution in [0.1, 0.15) is 10.4 Å². The average Bonchev–Trinajstić information content (AvgIpc) is 2.80. The Kier molecular flexibility index (Phi) is 3.18. The Balaban J connectivity index is 2.46. The molecule has 0 aliphatic rings. The van der Waals surface area contributed by atoms with Crippen LogP contribution in [0.25, 0.3) is 0 Å². The maximum atomic E-state index is 11.9. The van der Waals surface area contributed by atoms with E-state index in [2.05, 4.69) is 10.1 Å². The molecule has 1 aromatic carbocycles. The molecule has 0 aliphatic heterocycles. The van der Waals surface area contributed by atoms with Crippen molar-refractivity contribution in [2.24, 2.45) is 0 Å². The molecular formula is C10H8ClN3O3S. The van der Waals surface area contributed by atoms with Crippen LogP contribution < -0.4 is 0 Å². The van der Waals surface area contributed by atoms with E-state index in [1.165, 1.54) is 30.9 Å². The van der Waals surface area contributed by atoms with Gasteiger partial charge in [-0.15, -0.1) is 0 Å². The van der Waals surface area contributed by atoms with E-state index in [4.69, 9.17) is 11.6 Å². The number of hydrogen-bond donors (Lipinski definition) is 0. The summed E-state index contributed by atoms with van der Waals surface area (Å²) in [5.41, 5.74) is 0.162. The minimum atomic E-state index is -3.35. The lowest BCUT2D eigenvalue weighted by atomic mass is 10.2. The Morgan fingerprint density at radius 1 is 1.39 bits per heavy atom. The third kappa shape index (κ3) is 2.41. The largest absolute Gasteiger partial charge is 0.281 e. The zero-order valence-corrected chi connectivity index (χ0v) is 10.8. The number of nitrogens with zero attached hydrogens (tertiary/aromatic N) is 3. The van der Waals surface area contributed by atoms with E-state index >= 15 is 0 Å². The van der Waals surface area contributed by atoms with Crippen molar-refractivity contribution < 1.29 is 13.2 Å². The zero-order valence-electron chi connectivity index (χ0n) is 9.24. The monoisotopic (exact) mass is 285 g/mol. The maximum absolute atomic E-state index is 11.9. The van der Waals surface area contributed by atoms with E-state index in [1.807, 2.05) is 0 Å². The standard InChI is InChI=1S/C10H8ClN3O3S/c1-18(16,17)7-2-3-8(9(11)4-7)10(15)14-6-12-5-13-14/h2-6H,1H3. The van der Waals surface area contributed by atoms with Gasteiger partial charge in [0.15, 0.2) is 9.84 Å². The lowest BCUT2D eigenvalue weighted by molar-refractivity contribution is 0.0945. The molecule has 0 saturated heterocycles. The van der Waals surface area contributed by atoms with Crippen LogP contribution in [0.3, 0.4) is 0 Å². The molecule has 0 radical (unpaired) electrons. The van der Waals surface area contributed by atoms with E-state index < -0.39 is 15.7 Å². The molecule has 0 spiro atoms. The third-order valence-corrected chi connectivity index (χ3v) is 3.65. The van der Waals surface area contributed by atoms with Crippen LogP contribution >= 0.6 is 11.6 Å². The molecular weight excluding hydrogens is 278 g/mol. The predicted octanol–water partition coefficient (Wildman–Crippen LogP) is 1.02. The van der Waals surface area contributed by atoms with Gasteiger partial charge in [-0.1, -0.05) is 11.6 Å². The van der Waals surface area contributed by atoms with Gasteiger partial charge in [-0.3, -0.25) is 4.79 Å². The number of sulfone groups is 1. The summed E-state index contributed by atoms with van der Waals surface area (Å²) in [6, 6.07) is 3.91. The lowest BCUT2D eigenvalue weighted by Gasteiger charge is -2.04. The van der Waals surface area contributed by atoms with Crippen LogP contribution in [0.15, 0.2) is 35.7 Å². The second kappa shape index (κ2) is 4.51. The summed E-state index contributed by atoms with van der Waals surface area (Å²) < 4.78 is 23.7. The molecule has 0 saturated carbocycles. The fourth-order valence-corrected chi connectivity index (χ4v) is 2.31. The summed E-state index contributed by atoms with van der Waals surface area (Å²) in [5.74, 6) is -0.474. The van der Waals surface area contributed by atoms with Crippen molar-refractivity contribution in [2.45, 2.75) is 4.90 Å². The number of hydrogen-bond acceptors (Lipinski definition) is 5. The lowest BCUT2D eigenvalue weighted by Crippen LogP contribution is -2.13. The molecule has 1 heterocycles. The average molecular weight is 286 g/mol. The normalized spacial score (nSPS) is 11.4. The SMILES string of the molecule is CS(=O)(=O)c1ccc(C(=O)n2cncn2)c(Cl)c1. The molecule has 94 valence electrons. The summed E-state index contributed by atoms with van der Waals surface area (Å²) in [6.45, 7) is 0. The van der Waals surface area contributed by atoms with Gasteiger partial charge in [-0.25, -0.2) is 13.4 Å². The van der Waals surface area contributed by atoms with Crippen LogP contribution in [0.5, 0.6) is 0 Å². The van der Waals surface area contributed by atoms with Gasteiger partial charge < -0.3 is 0 Å². The highest BCUT2D eigenvalue weighted by Crippen LogP contribution is 2.21. The van der Waals surface area contributed by atoms with E-state index in [9.17, 15) is 13.2 Å². The topological polar surface area (TPSA) is 81.9 Å². The smallest absolute Gasteiger partial charge is 0.267 e. The summed E-state index contributed by atoms with van der Waals surface area (Å²) in [4.78, 5) is 15.6. The molecule has 0 bridgehead atoms. The van der Waals surface area contributed by atoms with Crippen LogP contribution in [0.4, 0.5) is 0 Å². The Bertz CT molecular complexity index is 695. The molecule has 0 fully saturated rings. The minimum Gasteiger partial charge on any atom is -0.267 e. The van der Waals surface area contributed by atoms with Gasteiger partial charge in [0.1, 0.15) is 12.7 Å². The highest BCUT2D eigenvalue weighted by molar-refractivity contribution is 7.90. The Morgan fingerprint density at radius 2 is 2.11 bits per heavy atom. The number of carbonyl (C=O) groups is 1. The molecule has 0 atom stereocenters. The van der Waals surface area contributed by atoms with Crippen molar-refractivity contribution in [1.29, 1.82) is 0 Å². The number of carbonyl (C=O) groups excluding carboxylic acids is 1. The molecule has 6 nitrogen and oxygen atoms in total. The molecule has 0 amide bonds. The maximum Gasteiger partial charge on any atom is 0.281 e. The van der Waals surface area contributed by atoms with E-state index in [1.54, 1.807) is 0 Å². The second-order valence-corrected chi connectivity index (χ2v) is 5.98. The van der Waals surface area contributed by atoms with Gasteiger partial charge >= 0.3 is 0 Å². The molecule has 8 heteroatoms. The zero-order chi connectivity index (χ0) is 13.3. The van der Waals surface area contributed by atoms with Gasteiger partial charge in [0.2, 0.25) is 0 Å². The summed E-state index contributed by atoms with van der Waals surface area (Å²) >= 11 is 5.90. The Morgan fingerprint density at radius 3 is 2.61 bits per heavy atom. The van der Waals surface area contributed by atoms with Crippen LogP contribution in [-0.2, 0) is 9.84 Å². The van der Waals surface area contributed by atoms with Gasteiger partial charge in [0.05, 0.1) is 15.5 Å². The first-order valence-corrected chi connectivity index (χ1v) is 7.05. The second-order valence-electron chi connectivity index (χ2n) is 3.56. The number of halogens is 1. The van der Waals surface area contributed by atoms with Gasteiger partial charge in [0, 0.05) is 6.26 Å². The summed E-state index contributed by atoms with van der Waals surface area (Å²) in [7, 11) is -3.35. The van der Waals surface area contributed by atoms with Gasteiger partial charge in [-0.2, -0.15) is 9.78 Å². The summed E-state index contributed by atoms with van der Waals surface area (Å²) in [6.07, 6.45) is 3.53. The van der Waals surface area contributed by atoms with Crippen molar-refractivity contribution in [2.75, 3.05) is 6.26 Å². The fraction of sp³-hybridized carbons (Fsp3) is 0.100. The first-order chi connectivity index (χ1) is 8.39. The van der Waals surface area contributed by atoms with Crippen molar-refractivity contribution in [3.05, 3.63) is 41.4 Å². The highest BCUT2D eigenvalue weighted by atomic mass is 35.5. The number of aromatic nitrogens is 3. The first kappa shape index (κ1) is 12.7. The minimum absolute atomic E-state index is 0.0541. The first-order valence-electron chi connectivity index (χ1n) is 4.78. The van der Waals surface area contributed by atoms with Gasteiger partial charge in [0.25, 0.3) is 5.91 Å². The van der Waals surface area contributed by atoms with Gasteiger partial charge in [-0.05, 0) is 18.2 Å². The number of benzene rings is 1. The Labute approximate surface area is 108 Å². The predicted molar refractivity (Wildman–Crippen MR) is 64.3 cm³/mol. The van der Waals surface area contributed by atoms with E-state index in [0.29, 0.717) is 0 Å². The van der Waals surface area contributed by atoms with Crippen LogP contribution in [-0.4, -0.2) is 35.3 Å². The molecule has 0 aliphatic carbocycles. The van der Waals surface area contributed by atoms with Crippen LogP contribution in [0, 0.1) is 0 Å². The van der Waals surface area contributed by atoms with Crippen molar-refractivity contribution in [3.63, 3.8) is 0 Å². The summed E-state index contributed by atoms with van der Waals surface area (Å²) in [5, 5.41) is 3.74. The molecule has 1 aromatic heterocycles.